The molecule has 0 saturated carbocycles. The first-order chi connectivity index (χ1) is 9.08. The van der Waals surface area contributed by atoms with Crippen LogP contribution in [0.25, 0.3) is 0 Å². The number of hydrogen-bond acceptors (Lipinski definition) is 2. The largest absolute Gasteiger partial charge is 0.309 e. The first-order valence-corrected chi connectivity index (χ1v) is 8.50. The van der Waals surface area contributed by atoms with E-state index >= 15 is 0 Å². The zero-order chi connectivity index (χ0) is 14.3. The van der Waals surface area contributed by atoms with Gasteiger partial charge in [-0.15, -0.1) is 0 Å². The molecule has 1 N–H and O–H groups in total. The lowest BCUT2D eigenvalue weighted by atomic mass is 10.0. The molecule has 0 heterocycles. The van der Waals surface area contributed by atoms with Crippen LogP contribution in [0.3, 0.4) is 0 Å². The van der Waals surface area contributed by atoms with Crippen LogP contribution in [0.4, 0.5) is 0 Å². The van der Waals surface area contributed by atoms with E-state index in [1.165, 1.54) is 17.5 Å². The second kappa shape index (κ2) is 8.65. The SMILES string of the molecule is CCCNC(c1ccc(CC)cc1)C(C)SC(C)C. The molecular formula is C17H29NS. The molecule has 1 rings (SSSR count). The predicted octanol–water partition coefficient (Wildman–Crippen LogP) is 4.82. The molecular weight excluding hydrogens is 250 g/mol. The fourth-order valence-electron chi connectivity index (χ4n) is 2.32. The van der Waals surface area contributed by atoms with Crippen molar-refractivity contribution < 1.29 is 0 Å². The van der Waals surface area contributed by atoms with E-state index in [0.29, 0.717) is 16.5 Å². The van der Waals surface area contributed by atoms with Gasteiger partial charge in [-0.3, -0.25) is 0 Å². The molecule has 0 amide bonds. The highest BCUT2D eigenvalue weighted by Gasteiger charge is 2.19. The van der Waals surface area contributed by atoms with E-state index in [1.807, 2.05) is 0 Å². The summed E-state index contributed by atoms with van der Waals surface area (Å²) >= 11 is 2.06. The third-order valence-electron chi connectivity index (χ3n) is 3.32. The summed E-state index contributed by atoms with van der Waals surface area (Å²) < 4.78 is 0. The van der Waals surface area contributed by atoms with E-state index < -0.39 is 0 Å². The lowest BCUT2D eigenvalue weighted by Gasteiger charge is -2.27. The van der Waals surface area contributed by atoms with Crippen LogP contribution in [-0.2, 0) is 6.42 Å². The van der Waals surface area contributed by atoms with Crippen molar-refractivity contribution in [3.63, 3.8) is 0 Å². The maximum Gasteiger partial charge on any atom is 0.0438 e. The van der Waals surface area contributed by atoms with Gasteiger partial charge in [-0.05, 0) is 35.8 Å². The Bertz CT molecular complexity index is 345. The second-order valence-corrected chi connectivity index (χ2v) is 7.38. The van der Waals surface area contributed by atoms with Crippen LogP contribution < -0.4 is 5.32 Å². The van der Waals surface area contributed by atoms with Crippen molar-refractivity contribution >= 4 is 11.8 Å². The molecule has 1 nitrogen and oxygen atoms in total. The van der Waals surface area contributed by atoms with Crippen LogP contribution in [0, 0.1) is 0 Å². The topological polar surface area (TPSA) is 12.0 Å². The summed E-state index contributed by atoms with van der Waals surface area (Å²) in [4.78, 5) is 0. The van der Waals surface area contributed by atoms with Gasteiger partial charge in [0.25, 0.3) is 0 Å². The Kier molecular flexibility index (Phi) is 7.55. The number of rotatable bonds is 8. The van der Waals surface area contributed by atoms with Crippen LogP contribution >= 0.6 is 11.8 Å². The molecule has 0 radical (unpaired) electrons. The van der Waals surface area contributed by atoms with Crippen LogP contribution in [-0.4, -0.2) is 17.0 Å². The smallest absolute Gasteiger partial charge is 0.0438 e. The molecule has 108 valence electrons. The van der Waals surface area contributed by atoms with E-state index in [1.54, 1.807) is 0 Å². The first-order valence-electron chi connectivity index (χ1n) is 7.56. The van der Waals surface area contributed by atoms with Crippen molar-refractivity contribution in [3.8, 4) is 0 Å². The summed E-state index contributed by atoms with van der Waals surface area (Å²) in [5.41, 5.74) is 2.84. The minimum atomic E-state index is 0.457. The maximum absolute atomic E-state index is 3.71. The van der Waals surface area contributed by atoms with Crippen LogP contribution in [0.1, 0.15) is 58.2 Å². The highest BCUT2D eigenvalue weighted by Crippen LogP contribution is 2.29. The Labute approximate surface area is 123 Å². The number of nitrogens with one attached hydrogen (secondary N) is 1. The summed E-state index contributed by atoms with van der Waals surface area (Å²) in [6.07, 6.45) is 2.30. The Morgan fingerprint density at radius 2 is 1.68 bits per heavy atom. The number of aryl methyl sites for hydroxylation is 1. The van der Waals surface area contributed by atoms with Gasteiger partial charge in [-0.1, -0.05) is 58.9 Å². The normalized spacial score (nSPS) is 14.6. The summed E-state index contributed by atoms with van der Waals surface area (Å²) in [6.45, 7) is 12.4. The van der Waals surface area contributed by atoms with Crippen molar-refractivity contribution in [2.24, 2.45) is 0 Å². The molecule has 2 atom stereocenters. The minimum Gasteiger partial charge on any atom is -0.309 e. The van der Waals surface area contributed by atoms with Gasteiger partial charge in [0.05, 0.1) is 0 Å². The van der Waals surface area contributed by atoms with Gasteiger partial charge < -0.3 is 5.32 Å². The molecule has 0 aliphatic carbocycles. The Morgan fingerprint density at radius 3 is 2.16 bits per heavy atom. The van der Waals surface area contributed by atoms with Gasteiger partial charge in [0, 0.05) is 11.3 Å². The lowest BCUT2D eigenvalue weighted by Crippen LogP contribution is -2.30. The van der Waals surface area contributed by atoms with Crippen LogP contribution in [0.15, 0.2) is 24.3 Å². The van der Waals surface area contributed by atoms with Crippen LogP contribution in [0.2, 0.25) is 0 Å². The molecule has 0 bridgehead atoms. The third kappa shape index (κ3) is 5.58. The molecule has 2 heteroatoms. The molecule has 19 heavy (non-hydrogen) atoms. The molecule has 0 fully saturated rings. The average Bonchev–Trinajstić information content (AvgIpc) is 2.39. The quantitative estimate of drug-likeness (QED) is 0.732. The fourth-order valence-corrected chi connectivity index (χ4v) is 3.59. The molecule has 0 spiro atoms. The zero-order valence-electron chi connectivity index (χ0n) is 13.1. The average molecular weight is 279 g/mol. The number of hydrogen-bond donors (Lipinski definition) is 1. The highest BCUT2D eigenvalue weighted by molar-refractivity contribution is 8.00. The van der Waals surface area contributed by atoms with E-state index in [0.717, 1.165) is 13.0 Å². The first kappa shape index (κ1) is 16.6. The Morgan fingerprint density at radius 1 is 1.05 bits per heavy atom. The summed E-state index contributed by atoms with van der Waals surface area (Å²) in [5.74, 6) is 0. The molecule has 0 saturated heterocycles. The lowest BCUT2D eigenvalue weighted by molar-refractivity contribution is 0.527. The van der Waals surface area contributed by atoms with E-state index in [9.17, 15) is 0 Å². The van der Waals surface area contributed by atoms with Gasteiger partial charge >= 0.3 is 0 Å². The summed E-state index contributed by atoms with van der Waals surface area (Å²) in [6, 6.07) is 9.58. The van der Waals surface area contributed by atoms with Gasteiger partial charge in [-0.25, -0.2) is 0 Å². The third-order valence-corrected chi connectivity index (χ3v) is 4.56. The molecule has 1 aromatic rings. The van der Waals surface area contributed by atoms with Crippen molar-refractivity contribution in [3.05, 3.63) is 35.4 Å². The van der Waals surface area contributed by atoms with Crippen molar-refractivity contribution in [1.82, 2.24) is 5.32 Å². The molecule has 0 aromatic heterocycles. The zero-order valence-corrected chi connectivity index (χ0v) is 13.9. The van der Waals surface area contributed by atoms with Crippen molar-refractivity contribution in [2.45, 2.75) is 64.0 Å². The van der Waals surface area contributed by atoms with E-state index in [2.05, 4.69) is 76.0 Å². The monoisotopic (exact) mass is 279 g/mol. The Hall–Kier alpha value is -0.470. The second-order valence-electron chi connectivity index (χ2n) is 5.42. The van der Waals surface area contributed by atoms with E-state index in [4.69, 9.17) is 0 Å². The predicted molar refractivity (Wildman–Crippen MR) is 89.0 cm³/mol. The number of thioether (sulfide) groups is 1. The van der Waals surface area contributed by atoms with Gasteiger partial charge in [-0.2, -0.15) is 11.8 Å². The molecule has 1 aromatic carbocycles. The van der Waals surface area contributed by atoms with Crippen molar-refractivity contribution in [1.29, 1.82) is 0 Å². The Balaban J connectivity index is 2.81. The minimum absolute atomic E-state index is 0.457. The van der Waals surface area contributed by atoms with Crippen LogP contribution in [0.5, 0.6) is 0 Å². The molecule has 2 unspecified atom stereocenters. The van der Waals surface area contributed by atoms with Gasteiger partial charge in [0.1, 0.15) is 0 Å². The standard InChI is InChI=1S/C17H29NS/c1-6-12-18-17(14(5)19-13(3)4)16-10-8-15(7-2)9-11-16/h8-11,13-14,17-18H,6-7,12H2,1-5H3. The van der Waals surface area contributed by atoms with E-state index in [-0.39, 0.29) is 0 Å². The molecule has 0 aliphatic rings. The number of benzene rings is 1. The summed E-state index contributed by atoms with van der Waals surface area (Å²) in [7, 11) is 0. The van der Waals surface area contributed by atoms with Gasteiger partial charge in [0.15, 0.2) is 0 Å². The fraction of sp³-hybridized carbons (Fsp3) is 0.647. The maximum atomic E-state index is 3.71. The van der Waals surface area contributed by atoms with Gasteiger partial charge in [0.2, 0.25) is 0 Å². The molecule has 0 aliphatic heterocycles. The van der Waals surface area contributed by atoms with Crippen molar-refractivity contribution in [2.75, 3.05) is 6.54 Å². The summed E-state index contributed by atoms with van der Waals surface area (Å²) in [5, 5.41) is 4.98. The highest BCUT2D eigenvalue weighted by atomic mass is 32.2.